The standard InChI is InChI=1S/C21H29N3O2/c1-13-3-2-4-24(12-13)19(26)17-11-22-20(23-18(17)25)21-8-14-5-15(9-21)7-16(6-14)10-21/h11,13-16H,2-10,12H2,1H3,(H,22,23,25)/t13-,14?,15?,16?,21?/m1/s1. The number of nitrogens with zero attached hydrogens (tertiary/aromatic N) is 2. The Kier molecular flexibility index (Phi) is 3.77. The molecule has 5 heteroatoms. The molecule has 5 aliphatic rings. The Balaban J connectivity index is 1.42. The van der Waals surface area contributed by atoms with Crippen molar-refractivity contribution < 1.29 is 4.79 Å². The van der Waals surface area contributed by atoms with Crippen molar-refractivity contribution in [2.45, 2.75) is 63.7 Å². The lowest BCUT2D eigenvalue weighted by Gasteiger charge is -2.56. The predicted molar refractivity (Wildman–Crippen MR) is 99.0 cm³/mol. The second-order valence-electron chi connectivity index (χ2n) is 9.67. The lowest BCUT2D eigenvalue weighted by Crippen LogP contribution is -2.50. The molecular formula is C21H29N3O2. The van der Waals surface area contributed by atoms with Crippen LogP contribution in [0.2, 0.25) is 0 Å². The third kappa shape index (κ3) is 2.62. The molecule has 1 aliphatic heterocycles. The zero-order valence-electron chi connectivity index (χ0n) is 15.7. The molecule has 0 aromatic carbocycles. The maximum atomic E-state index is 12.8. The van der Waals surface area contributed by atoms with Crippen LogP contribution in [0.1, 0.15) is 74.5 Å². The molecule has 0 spiro atoms. The number of aromatic nitrogens is 2. The number of aromatic amines is 1. The van der Waals surface area contributed by atoms with Crippen LogP contribution in [0.5, 0.6) is 0 Å². The second-order valence-corrected chi connectivity index (χ2v) is 9.67. The van der Waals surface area contributed by atoms with E-state index in [9.17, 15) is 9.59 Å². The normalized spacial score (nSPS) is 38.6. The molecule has 1 aromatic heterocycles. The SMILES string of the molecule is C[C@@H]1CCCN(C(=O)c2cnc(C34CC5CC(CC(C5)C3)C4)[nH]c2=O)C1. The fraction of sp³-hybridized carbons (Fsp3) is 0.762. The molecule has 4 bridgehead atoms. The summed E-state index contributed by atoms with van der Waals surface area (Å²) in [5.74, 6) is 3.63. The molecule has 26 heavy (non-hydrogen) atoms. The van der Waals surface area contributed by atoms with Gasteiger partial charge < -0.3 is 9.88 Å². The summed E-state index contributed by atoms with van der Waals surface area (Å²) in [5.41, 5.74) is 0.0383. The number of hydrogen-bond donors (Lipinski definition) is 1. The minimum atomic E-state index is -0.242. The molecule has 1 atom stereocenters. The smallest absolute Gasteiger partial charge is 0.263 e. The van der Waals surface area contributed by atoms with E-state index < -0.39 is 0 Å². The molecule has 1 N–H and O–H groups in total. The highest BCUT2D eigenvalue weighted by molar-refractivity contribution is 5.93. The first-order valence-electron chi connectivity index (χ1n) is 10.4. The van der Waals surface area contributed by atoms with Crippen LogP contribution in [0, 0.1) is 23.7 Å². The van der Waals surface area contributed by atoms with Crippen molar-refractivity contribution in [3.05, 3.63) is 27.9 Å². The van der Waals surface area contributed by atoms with Crippen molar-refractivity contribution in [3.63, 3.8) is 0 Å². The Morgan fingerprint density at radius 1 is 1.19 bits per heavy atom. The molecule has 140 valence electrons. The van der Waals surface area contributed by atoms with E-state index in [0.29, 0.717) is 5.92 Å². The van der Waals surface area contributed by atoms with Crippen molar-refractivity contribution in [3.8, 4) is 0 Å². The number of carbonyl (C=O) groups excluding carboxylic acids is 1. The van der Waals surface area contributed by atoms with Crippen molar-refractivity contribution >= 4 is 5.91 Å². The maximum absolute atomic E-state index is 12.8. The van der Waals surface area contributed by atoms with Crippen LogP contribution in [-0.2, 0) is 5.41 Å². The lowest BCUT2D eigenvalue weighted by molar-refractivity contribution is -0.00955. The van der Waals surface area contributed by atoms with Crippen molar-refractivity contribution in [2.24, 2.45) is 23.7 Å². The van der Waals surface area contributed by atoms with Gasteiger partial charge in [-0.05, 0) is 75.0 Å². The summed E-state index contributed by atoms with van der Waals surface area (Å²) in [6, 6.07) is 0. The van der Waals surface area contributed by atoms with Gasteiger partial charge in [0.15, 0.2) is 0 Å². The van der Waals surface area contributed by atoms with Gasteiger partial charge in [0.25, 0.3) is 11.5 Å². The fourth-order valence-electron chi connectivity index (χ4n) is 6.76. The van der Waals surface area contributed by atoms with Gasteiger partial charge in [-0.3, -0.25) is 9.59 Å². The Labute approximate surface area is 154 Å². The minimum absolute atomic E-state index is 0.0646. The van der Waals surface area contributed by atoms with E-state index in [1.165, 1.54) is 38.5 Å². The molecule has 6 rings (SSSR count). The third-order valence-electron chi connectivity index (χ3n) is 7.51. The average molecular weight is 355 g/mol. The Morgan fingerprint density at radius 3 is 2.42 bits per heavy atom. The number of amides is 1. The summed E-state index contributed by atoms with van der Waals surface area (Å²) in [4.78, 5) is 35.1. The Hall–Kier alpha value is -1.65. The van der Waals surface area contributed by atoms with E-state index >= 15 is 0 Å². The molecule has 1 aromatic rings. The van der Waals surface area contributed by atoms with Crippen LogP contribution in [-0.4, -0.2) is 33.9 Å². The van der Waals surface area contributed by atoms with Crippen LogP contribution in [0.3, 0.4) is 0 Å². The quantitative estimate of drug-likeness (QED) is 0.886. The highest BCUT2D eigenvalue weighted by Gasteiger charge is 2.53. The van der Waals surface area contributed by atoms with E-state index in [0.717, 1.165) is 49.5 Å². The summed E-state index contributed by atoms with van der Waals surface area (Å²) in [6.45, 7) is 3.66. The second kappa shape index (κ2) is 5.93. The Bertz CT molecular complexity index is 748. The molecule has 5 fully saturated rings. The monoisotopic (exact) mass is 355 g/mol. The van der Waals surface area contributed by atoms with Gasteiger partial charge in [0.1, 0.15) is 11.4 Å². The van der Waals surface area contributed by atoms with Crippen LogP contribution in [0.4, 0.5) is 0 Å². The molecule has 0 unspecified atom stereocenters. The number of carbonyl (C=O) groups is 1. The van der Waals surface area contributed by atoms with Crippen molar-refractivity contribution in [1.29, 1.82) is 0 Å². The first kappa shape index (κ1) is 16.5. The zero-order valence-corrected chi connectivity index (χ0v) is 15.7. The summed E-state index contributed by atoms with van der Waals surface area (Å²) >= 11 is 0. The van der Waals surface area contributed by atoms with Gasteiger partial charge in [-0.1, -0.05) is 6.92 Å². The molecule has 0 radical (unpaired) electrons. The highest BCUT2D eigenvalue weighted by atomic mass is 16.2. The number of nitrogens with one attached hydrogen (secondary N) is 1. The van der Waals surface area contributed by atoms with E-state index in [2.05, 4.69) is 16.9 Å². The molecule has 1 amide bonds. The van der Waals surface area contributed by atoms with Gasteiger partial charge in [-0.2, -0.15) is 0 Å². The number of hydrogen-bond acceptors (Lipinski definition) is 3. The molecule has 4 aliphatic carbocycles. The van der Waals surface area contributed by atoms with Gasteiger partial charge >= 0.3 is 0 Å². The van der Waals surface area contributed by atoms with Gasteiger partial charge in [0.2, 0.25) is 0 Å². The largest absolute Gasteiger partial charge is 0.338 e. The zero-order chi connectivity index (χ0) is 17.9. The number of H-pyrrole nitrogens is 1. The first-order chi connectivity index (χ1) is 12.5. The van der Waals surface area contributed by atoms with Gasteiger partial charge in [-0.15, -0.1) is 0 Å². The average Bonchev–Trinajstić information content (AvgIpc) is 2.60. The van der Waals surface area contributed by atoms with Gasteiger partial charge in [-0.25, -0.2) is 4.98 Å². The topological polar surface area (TPSA) is 66.1 Å². The highest BCUT2D eigenvalue weighted by Crippen LogP contribution is 2.59. The molecule has 2 heterocycles. The van der Waals surface area contributed by atoms with Crippen LogP contribution in [0.25, 0.3) is 0 Å². The van der Waals surface area contributed by atoms with E-state index in [4.69, 9.17) is 0 Å². The van der Waals surface area contributed by atoms with Crippen LogP contribution in [0.15, 0.2) is 11.0 Å². The number of piperidine rings is 1. The van der Waals surface area contributed by atoms with Crippen LogP contribution >= 0.6 is 0 Å². The number of rotatable bonds is 2. The van der Waals surface area contributed by atoms with E-state index in [-0.39, 0.29) is 22.4 Å². The number of likely N-dealkylation sites (tertiary alicyclic amines) is 1. The summed E-state index contributed by atoms with van der Waals surface area (Å²) in [7, 11) is 0. The van der Waals surface area contributed by atoms with Crippen LogP contribution < -0.4 is 5.56 Å². The van der Waals surface area contributed by atoms with Gasteiger partial charge in [0, 0.05) is 24.7 Å². The lowest BCUT2D eigenvalue weighted by atomic mass is 9.49. The summed E-state index contributed by atoms with van der Waals surface area (Å²) in [6.07, 6.45) is 11.3. The summed E-state index contributed by atoms with van der Waals surface area (Å²) in [5, 5.41) is 0. The summed E-state index contributed by atoms with van der Waals surface area (Å²) < 4.78 is 0. The van der Waals surface area contributed by atoms with Crippen molar-refractivity contribution in [1.82, 2.24) is 14.9 Å². The minimum Gasteiger partial charge on any atom is -0.338 e. The third-order valence-corrected chi connectivity index (χ3v) is 7.51. The fourth-order valence-corrected chi connectivity index (χ4v) is 6.76. The molecular weight excluding hydrogens is 326 g/mol. The van der Waals surface area contributed by atoms with Crippen molar-refractivity contribution in [2.75, 3.05) is 13.1 Å². The predicted octanol–water partition coefficient (Wildman–Crippen LogP) is 3.11. The molecule has 4 saturated carbocycles. The molecule has 1 saturated heterocycles. The van der Waals surface area contributed by atoms with Gasteiger partial charge in [0.05, 0.1) is 0 Å². The molecule has 5 nitrogen and oxygen atoms in total. The van der Waals surface area contributed by atoms with E-state index in [1.54, 1.807) is 6.20 Å². The van der Waals surface area contributed by atoms with E-state index in [1.807, 2.05) is 4.90 Å². The first-order valence-corrected chi connectivity index (χ1v) is 10.4. The Morgan fingerprint density at radius 2 is 1.85 bits per heavy atom. The maximum Gasteiger partial charge on any atom is 0.263 e.